The van der Waals surface area contributed by atoms with Crippen LogP contribution in [0.3, 0.4) is 0 Å². The molecule has 0 bridgehead atoms. The highest BCUT2D eigenvalue weighted by atomic mass is 32.1. The second kappa shape index (κ2) is 9.67. The highest BCUT2D eigenvalue weighted by Gasteiger charge is 2.33. The quantitative estimate of drug-likeness (QED) is 0.298. The summed E-state index contributed by atoms with van der Waals surface area (Å²) >= 11 is 1.18. The summed E-state index contributed by atoms with van der Waals surface area (Å²) in [7, 11) is 4.96. The molecule has 0 unspecified atom stereocenters. The van der Waals surface area contributed by atoms with E-state index in [9.17, 15) is 19.7 Å². The third-order valence-corrected chi connectivity index (χ3v) is 6.74. The van der Waals surface area contributed by atoms with Crippen LogP contribution in [0.4, 0.5) is 11.4 Å². The van der Waals surface area contributed by atoms with E-state index < -0.39 is 16.9 Å². The average molecular weight is 493 g/mol. The Labute approximate surface area is 205 Å². The van der Waals surface area contributed by atoms with Crippen LogP contribution < -0.4 is 19.8 Å². The van der Waals surface area contributed by atoms with Crippen molar-refractivity contribution in [3.05, 3.63) is 101 Å². The van der Waals surface area contributed by atoms with Crippen molar-refractivity contribution in [2.75, 3.05) is 26.1 Å². The SMILES string of the molecule is CCC1=C(C(=O)OC)[C@@H](c2ccccc2)n2c(s/c(=C\c3cc([N+](=O)[O-])ccc3N(C)C)c2=O)=N1. The minimum atomic E-state index is -0.699. The lowest BCUT2D eigenvalue weighted by Gasteiger charge is -2.25. The van der Waals surface area contributed by atoms with Crippen molar-refractivity contribution >= 4 is 34.8 Å². The van der Waals surface area contributed by atoms with Crippen LogP contribution in [-0.4, -0.2) is 36.7 Å². The zero-order valence-corrected chi connectivity index (χ0v) is 20.5. The summed E-state index contributed by atoms with van der Waals surface area (Å²) in [6.45, 7) is 1.89. The Morgan fingerprint density at radius 3 is 2.57 bits per heavy atom. The highest BCUT2D eigenvalue weighted by Crippen LogP contribution is 2.32. The molecule has 35 heavy (non-hydrogen) atoms. The number of ether oxygens (including phenoxy) is 1. The number of benzene rings is 2. The first-order valence-electron chi connectivity index (χ1n) is 10.9. The molecule has 3 aromatic rings. The predicted octanol–water partition coefficient (Wildman–Crippen LogP) is 2.77. The molecule has 2 heterocycles. The fourth-order valence-corrected chi connectivity index (χ4v) is 5.15. The molecular weight excluding hydrogens is 468 g/mol. The number of nitrogens with zero attached hydrogens (tertiary/aromatic N) is 4. The summed E-state index contributed by atoms with van der Waals surface area (Å²) in [6, 6.07) is 13.1. The normalized spacial score (nSPS) is 15.4. The van der Waals surface area contributed by atoms with Crippen LogP contribution in [0.5, 0.6) is 0 Å². The Bertz CT molecular complexity index is 1520. The van der Waals surface area contributed by atoms with Crippen LogP contribution in [0.15, 0.2) is 69.6 Å². The number of nitro benzene ring substituents is 1. The lowest BCUT2D eigenvalue weighted by Crippen LogP contribution is -2.40. The second-order valence-corrected chi connectivity index (χ2v) is 9.10. The van der Waals surface area contributed by atoms with E-state index in [0.717, 1.165) is 11.3 Å². The molecule has 0 fully saturated rings. The van der Waals surface area contributed by atoms with Gasteiger partial charge in [-0.1, -0.05) is 48.6 Å². The number of non-ortho nitro benzene ring substituents is 1. The Hall–Kier alpha value is -4.05. The van der Waals surface area contributed by atoms with Gasteiger partial charge in [0.1, 0.15) is 0 Å². The van der Waals surface area contributed by atoms with Gasteiger partial charge in [-0.15, -0.1) is 0 Å². The van der Waals surface area contributed by atoms with Gasteiger partial charge in [-0.2, -0.15) is 0 Å². The number of methoxy groups -OCH3 is 1. The van der Waals surface area contributed by atoms with Gasteiger partial charge in [0.2, 0.25) is 0 Å². The molecule has 0 saturated carbocycles. The summed E-state index contributed by atoms with van der Waals surface area (Å²) < 4.78 is 6.92. The number of nitro groups is 1. The Morgan fingerprint density at radius 1 is 1.26 bits per heavy atom. The summed E-state index contributed by atoms with van der Waals surface area (Å²) in [4.78, 5) is 44.4. The molecule has 10 heteroatoms. The number of thiazole rings is 1. The number of fused-ring (bicyclic) bond motifs is 1. The van der Waals surface area contributed by atoms with Crippen LogP contribution in [-0.2, 0) is 9.53 Å². The highest BCUT2D eigenvalue weighted by molar-refractivity contribution is 7.07. The molecule has 1 aliphatic rings. The smallest absolute Gasteiger partial charge is 0.338 e. The fraction of sp³-hybridized carbons (Fsp3) is 0.240. The summed E-state index contributed by atoms with van der Waals surface area (Å²) in [5, 5.41) is 11.4. The zero-order valence-electron chi connectivity index (χ0n) is 19.7. The van der Waals surface area contributed by atoms with Crippen molar-refractivity contribution in [2.45, 2.75) is 19.4 Å². The topological polar surface area (TPSA) is 107 Å². The Balaban J connectivity index is 2.02. The number of rotatable bonds is 6. The van der Waals surface area contributed by atoms with Gasteiger partial charge in [0.15, 0.2) is 4.80 Å². The first-order valence-corrected chi connectivity index (χ1v) is 11.7. The maximum Gasteiger partial charge on any atom is 0.338 e. The zero-order chi connectivity index (χ0) is 25.3. The number of esters is 1. The first-order chi connectivity index (χ1) is 16.8. The van der Waals surface area contributed by atoms with Crippen LogP contribution in [0.2, 0.25) is 0 Å². The standard InChI is InChI=1S/C25H24N4O5S/c1-5-18-21(24(31)34-4)22(15-9-7-6-8-10-15)28-23(30)20(35-25(28)26-18)14-16-13-17(29(32)33)11-12-19(16)27(2)3/h6-14,22H,5H2,1-4H3/b20-14-/t22-/m1/s1. The monoisotopic (exact) mass is 492 g/mol. The minimum Gasteiger partial charge on any atom is -0.466 e. The van der Waals surface area contributed by atoms with Crippen molar-refractivity contribution in [1.82, 2.24) is 4.57 Å². The molecule has 2 aromatic carbocycles. The summed E-state index contributed by atoms with van der Waals surface area (Å²) in [6.07, 6.45) is 2.12. The van der Waals surface area contributed by atoms with Crippen LogP contribution in [0, 0.1) is 10.1 Å². The number of hydrogen-bond donors (Lipinski definition) is 0. The van der Waals surface area contributed by atoms with E-state index in [2.05, 4.69) is 4.99 Å². The minimum absolute atomic E-state index is 0.0713. The van der Waals surface area contributed by atoms with E-state index in [4.69, 9.17) is 4.74 Å². The number of carbonyl (C=O) groups excluding carboxylic acids is 1. The number of allylic oxidation sites excluding steroid dienone is 1. The number of carbonyl (C=O) groups is 1. The third kappa shape index (κ3) is 4.40. The van der Waals surface area contributed by atoms with Gasteiger partial charge >= 0.3 is 5.97 Å². The molecule has 0 spiro atoms. The molecule has 1 atom stereocenters. The van der Waals surface area contributed by atoms with Gasteiger partial charge in [-0.25, -0.2) is 9.79 Å². The van der Waals surface area contributed by atoms with E-state index in [-0.39, 0.29) is 11.2 Å². The predicted molar refractivity (Wildman–Crippen MR) is 134 cm³/mol. The van der Waals surface area contributed by atoms with E-state index in [1.807, 2.05) is 56.3 Å². The molecule has 0 aliphatic carbocycles. The van der Waals surface area contributed by atoms with E-state index >= 15 is 0 Å². The Morgan fingerprint density at radius 2 is 1.97 bits per heavy atom. The van der Waals surface area contributed by atoms with Crippen molar-refractivity contribution in [1.29, 1.82) is 0 Å². The molecule has 1 aromatic heterocycles. The molecule has 0 radical (unpaired) electrons. The van der Waals surface area contributed by atoms with Crippen molar-refractivity contribution in [3.8, 4) is 0 Å². The van der Waals surface area contributed by atoms with Gasteiger partial charge in [0, 0.05) is 37.5 Å². The first kappa shape index (κ1) is 24.1. The third-order valence-electron chi connectivity index (χ3n) is 5.76. The fourth-order valence-electron chi connectivity index (χ4n) is 4.13. The molecule has 0 saturated heterocycles. The van der Waals surface area contributed by atoms with Crippen LogP contribution >= 0.6 is 11.3 Å². The number of anilines is 1. The van der Waals surface area contributed by atoms with Gasteiger partial charge in [0.05, 0.1) is 33.9 Å². The van der Waals surface area contributed by atoms with Gasteiger partial charge < -0.3 is 9.64 Å². The molecule has 9 nitrogen and oxygen atoms in total. The van der Waals surface area contributed by atoms with E-state index in [0.29, 0.717) is 32.6 Å². The van der Waals surface area contributed by atoms with Gasteiger partial charge in [-0.05, 0) is 24.1 Å². The van der Waals surface area contributed by atoms with E-state index in [1.165, 1.54) is 35.1 Å². The second-order valence-electron chi connectivity index (χ2n) is 8.09. The number of aromatic nitrogens is 1. The summed E-state index contributed by atoms with van der Waals surface area (Å²) in [5.74, 6) is -0.540. The van der Waals surface area contributed by atoms with E-state index in [1.54, 1.807) is 12.1 Å². The molecule has 4 rings (SSSR count). The van der Waals surface area contributed by atoms with Crippen molar-refractivity contribution in [3.63, 3.8) is 0 Å². The molecule has 1 aliphatic heterocycles. The number of hydrogen-bond acceptors (Lipinski definition) is 8. The van der Waals surface area contributed by atoms with Crippen molar-refractivity contribution in [2.24, 2.45) is 4.99 Å². The molecule has 180 valence electrons. The maximum absolute atomic E-state index is 13.7. The summed E-state index contributed by atoms with van der Waals surface area (Å²) in [5.41, 5.74) is 2.49. The molecule has 0 amide bonds. The lowest BCUT2D eigenvalue weighted by atomic mass is 9.95. The molecular formula is C25H24N4O5S. The van der Waals surface area contributed by atoms with Crippen LogP contribution in [0.25, 0.3) is 6.08 Å². The van der Waals surface area contributed by atoms with Crippen molar-refractivity contribution < 1.29 is 14.5 Å². The van der Waals surface area contributed by atoms with Gasteiger partial charge in [-0.3, -0.25) is 19.5 Å². The average Bonchev–Trinajstić information content (AvgIpc) is 3.17. The molecule has 0 N–H and O–H groups in total. The van der Waals surface area contributed by atoms with Gasteiger partial charge in [0.25, 0.3) is 11.2 Å². The van der Waals surface area contributed by atoms with Crippen LogP contribution in [0.1, 0.15) is 30.5 Å². The largest absolute Gasteiger partial charge is 0.466 e. The maximum atomic E-state index is 13.7. The Kier molecular flexibility index (Phi) is 6.65. The lowest BCUT2D eigenvalue weighted by molar-refractivity contribution is -0.384.